The van der Waals surface area contributed by atoms with E-state index in [0.29, 0.717) is 5.82 Å². The number of hydrogen-bond donors (Lipinski definition) is 0. The first kappa shape index (κ1) is 26.6. The lowest BCUT2D eigenvalue weighted by atomic mass is 9.90. The van der Waals surface area contributed by atoms with E-state index in [1.807, 2.05) is 42.5 Å². The van der Waals surface area contributed by atoms with E-state index in [1.54, 1.807) is 6.20 Å². The molecule has 5 heteroatoms. The van der Waals surface area contributed by atoms with Crippen molar-refractivity contribution in [3.8, 4) is 45.3 Å². The Labute approximate surface area is 251 Å². The Bertz CT molecular complexity index is 2040. The Morgan fingerprint density at radius 2 is 1.21 bits per heavy atom. The average molecular weight is 558 g/mol. The predicted molar refractivity (Wildman–Crippen MR) is 176 cm³/mol. The van der Waals surface area contributed by atoms with Gasteiger partial charge in [-0.1, -0.05) is 99.6 Å². The molecule has 0 bridgehead atoms. The van der Waals surface area contributed by atoms with Gasteiger partial charge < -0.3 is 0 Å². The molecule has 208 valence electrons. The fourth-order valence-electron chi connectivity index (χ4n) is 5.35. The van der Waals surface area contributed by atoms with Crippen molar-refractivity contribution in [2.75, 3.05) is 0 Å². The summed E-state index contributed by atoms with van der Waals surface area (Å²) in [5, 5.41) is 2.22. The second-order valence-corrected chi connectivity index (χ2v) is 11.9. The van der Waals surface area contributed by atoms with Gasteiger partial charge in [-0.05, 0) is 42.8 Å². The topological polar surface area (TPSA) is 64.5 Å². The SMILES string of the molecule is Cc1cc(C(C)(C)C)nc2c1ccc1ccc(-c3ccc(-c4nc(-c5ccccc5)cc(-c5ccccn5)n4)cc3)nc12. The highest BCUT2D eigenvalue weighted by Gasteiger charge is 2.18. The molecule has 0 saturated carbocycles. The quantitative estimate of drug-likeness (QED) is 0.202. The first-order valence-electron chi connectivity index (χ1n) is 14.5. The molecule has 4 aromatic heterocycles. The molecule has 0 spiro atoms. The smallest absolute Gasteiger partial charge is 0.160 e. The van der Waals surface area contributed by atoms with Crippen LogP contribution in [0.5, 0.6) is 0 Å². The summed E-state index contributed by atoms with van der Waals surface area (Å²) in [6, 6.07) is 37.1. The molecule has 0 aliphatic heterocycles. The zero-order valence-electron chi connectivity index (χ0n) is 24.7. The molecule has 0 radical (unpaired) electrons. The van der Waals surface area contributed by atoms with Crippen molar-refractivity contribution in [1.82, 2.24) is 24.9 Å². The summed E-state index contributed by atoms with van der Waals surface area (Å²) in [5.74, 6) is 0.653. The standard InChI is InChI=1S/C38H31N5/c1-24-22-34(38(2,3)4)43-36-29(24)19-17-27-18-20-30(40-35(27)36)26-13-15-28(16-14-26)37-41-32(25-10-6-5-7-11-25)23-33(42-37)31-12-8-9-21-39-31/h5-23H,1-4H3. The Morgan fingerprint density at radius 3 is 1.95 bits per heavy atom. The highest BCUT2D eigenvalue weighted by molar-refractivity contribution is 6.04. The molecule has 0 saturated heterocycles. The van der Waals surface area contributed by atoms with Gasteiger partial charge in [-0.3, -0.25) is 4.98 Å². The molecule has 7 aromatic rings. The van der Waals surface area contributed by atoms with Gasteiger partial charge >= 0.3 is 0 Å². The Hall–Kier alpha value is -5.29. The van der Waals surface area contributed by atoms with E-state index in [-0.39, 0.29) is 5.41 Å². The van der Waals surface area contributed by atoms with Crippen LogP contribution in [0.1, 0.15) is 32.0 Å². The summed E-state index contributed by atoms with van der Waals surface area (Å²) in [4.78, 5) is 24.7. The van der Waals surface area contributed by atoms with E-state index in [4.69, 9.17) is 19.9 Å². The van der Waals surface area contributed by atoms with Crippen LogP contribution in [0.15, 0.2) is 115 Å². The zero-order chi connectivity index (χ0) is 29.6. The minimum absolute atomic E-state index is 0.0507. The first-order chi connectivity index (χ1) is 20.8. The number of aryl methyl sites for hydroxylation is 1. The number of pyridine rings is 3. The fraction of sp³-hybridized carbons (Fsp3) is 0.132. The number of fused-ring (bicyclic) bond motifs is 3. The second kappa shape index (κ2) is 10.5. The number of rotatable bonds is 4. The van der Waals surface area contributed by atoms with Crippen LogP contribution in [0.3, 0.4) is 0 Å². The molecule has 0 aliphatic carbocycles. The van der Waals surface area contributed by atoms with Gasteiger partial charge in [0.2, 0.25) is 0 Å². The van der Waals surface area contributed by atoms with Crippen LogP contribution in [0, 0.1) is 6.92 Å². The lowest BCUT2D eigenvalue weighted by Crippen LogP contribution is -2.14. The van der Waals surface area contributed by atoms with E-state index < -0.39 is 0 Å². The molecular weight excluding hydrogens is 526 g/mol. The third-order valence-electron chi connectivity index (χ3n) is 7.78. The molecule has 0 fully saturated rings. The summed E-state index contributed by atoms with van der Waals surface area (Å²) in [6.45, 7) is 8.75. The molecule has 7 rings (SSSR count). The largest absolute Gasteiger partial charge is 0.255 e. The molecule has 0 aliphatic rings. The van der Waals surface area contributed by atoms with Crippen molar-refractivity contribution in [2.24, 2.45) is 0 Å². The summed E-state index contributed by atoms with van der Waals surface area (Å²) < 4.78 is 0. The summed E-state index contributed by atoms with van der Waals surface area (Å²) in [7, 11) is 0. The molecule has 0 N–H and O–H groups in total. The first-order valence-corrected chi connectivity index (χ1v) is 14.5. The Kier molecular flexibility index (Phi) is 6.51. The van der Waals surface area contributed by atoms with Crippen molar-refractivity contribution in [2.45, 2.75) is 33.1 Å². The van der Waals surface area contributed by atoms with Gasteiger partial charge in [-0.2, -0.15) is 0 Å². The summed E-state index contributed by atoms with van der Waals surface area (Å²) in [6.07, 6.45) is 1.79. The van der Waals surface area contributed by atoms with Crippen LogP contribution < -0.4 is 0 Å². The van der Waals surface area contributed by atoms with Crippen LogP contribution in [0.25, 0.3) is 67.1 Å². The predicted octanol–water partition coefficient (Wildman–Crippen LogP) is 9.24. The number of nitrogens with zero attached hydrogens (tertiary/aromatic N) is 5. The molecule has 0 atom stereocenters. The van der Waals surface area contributed by atoms with Gasteiger partial charge in [0.25, 0.3) is 0 Å². The van der Waals surface area contributed by atoms with Crippen molar-refractivity contribution in [3.05, 3.63) is 127 Å². The van der Waals surface area contributed by atoms with Crippen molar-refractivity contribution < 1.29 is 0 Å². The third kappa shape index (κ3) is 5.15. The van der Waals surface area contributed by atoms with E-state index in [9.17, 15) is 0 Å². The molecule has 3 aromatic carbocycles. The van der Waals surface area contributed by atoms with Crippen molar-refractivity contribution >= 4 is 21.8 Å². The lowest BCUT2D eigenvalue weighted by molar-refractivity contribution is 0.571. The van der Waals surface area contributed by atoms with E-state index in [1.165, 1.54) is 5.56 Å². The average Bonchev–Trinajstić information content (AvgIpc) is 3.04. The van der Waals surface area contributed by atoms with Crippen molar-refractivity contribution in [3.63, 3.8) is 0 Å². The molecular formula is C38H31N5. The van der Waals surface area contributed by atoms with Gasteiger partial charge in [0.05, 0.1) is 33.8 Å². The normalized spacial score (nSPS) is 11.7. The number of aromatic nitrogens is 5. The van der Waals surface area contributed by atoms with Crippen LogP contribution in [-0.2, 0) is 5.41 Å². The van der Waals surface area contributed by atoms with Gasteiger partial charge in [0.1, 0.15) is 0 Å². The monoisotopic (exact) mass is 557 g/mol. The number of hydrogen-bond acceptors (Lipinski definition) is 5. The second-order valence-electron chi connectivity index (χ2n) is 11.9. The van der Waals surface area contributed by atoms with Gasteiger partial charge in [-0.15, -0.1) is 0 Å². The summed E-state index contributed by atoms with van der Waals surface area (Å²) in [5.41, 5.74) is 10.5. The maximum Gasteiger partial charge on any atom is 0.160 e. The molecule has 5 nitrogen and oxygen atoms in total. The van der Waals surface area contributed by atoms with Gasteiger partial charge in [0, 0.05) is 44.8 Å². The minimum atomic E-state index is -0.0507. The lowest BCUT2D eigenvalue weighted by Gasteiger charge is -2.19. The highest BCUT2D eigenvalue weighted by atomic mass is 14.9. The van der Waals surface area contributed by atoms with E-state index >= 15 is 0 Å². The van der Waals surface area contributed by atoms with Gasteiger partial charge in [-0.25, -0.2) is 19.9 Å². The van der Waals surface area contributed by atoms with Gasteiger partial charge in [0.15, 0.2) is 5.82 Å². The molecule has 43 heavy (non-hydrogen) atoms. The van der Waals surface area contributed by atoms with Crippen molar-refractivity contribution in [1.29, 1.82) is 0 Å². The van der Waals surface area contributed by atoms with Crippen LogP contribution >= 0.6 is 0 Å². The maximum absolute atomic E-state index is 5.15. The van der Waals surface area contributed by atoms with Crippen LogP contribution in [0.2, 0.25) is 0 Å². The molecule has 4 heterocycles. The highest BCUT2D eigenvalue weighted by Crippen LogP contribution is 2.32. The fourth-order valence-corrected chi connectivity index (χ4v) is 5.35. The summed E-state index contributed by atoms with van der Waals surface area (Å²) >= 11 is 0. The van der Waals surface area contributed by atoms with E-state index in [2.05, 4.69) is 99.4 Å². The zero-order valence-corrected chi connectivity index (χ0v) is 24.7. The van der Waals surface area contributed by atoms with Crippen LogP contribution in [0.4, 0.5) is 0 Å². The Morgan fingerprint density at radius 1 is 0.512 bits per heavy atom. The molecule has 0 amide bonds. The van der Waals surface area contributed by atoms with E-state index in [0.717, 1.165) is 67.0 Å². The molecule has 0 unspecified atom stereocenters. The van der Waals surface area contributed by atoms with Crippen LogP contribution in [-0.4, -0.2) is 24.9 Å². The third-order valence-corrected chi connectivity index (χ3v) is 7.78. The minimum Gasteiger partial charge on any atom is -0.255 e. The maximum atomic E-state index is 5.15. The number of benzene rings is 3. The Balaban J connectivity index is 1.31.